The van der Waals surface area contributed by atoms with Crippen molar-refractivity contribution in [3.8, 4) is 0 Å². The summed E-state index contributed by atoms with van der Waals surface area (Å²) in [6.45, 7) is 2.95. The Hall–Kier alpha value is -0.280. The van der Waals surface area contributed by atoms with Crippen LogP contribution in [0.3, 0.4) is 0 Å². The van der Waals surface area contributed by atoms with E-state index in [2.05, 4.69) is 11.4 Å². The summed E-state index contributed by atoms with van der Waals surface area (Å²) in [5, 5.41) is 4.73. The van der Waals surface area contributed by atoms with Gasteiger partial charge in [-0.15, -0.1) is 0 Å². The number of methoxy groups -OCH3 is 1. The lowest BCUT2D eigenvalue weighted by Crippen LogP contribution is -2.24. The van der Waals surface area contributed by atoms with E-state index in [0.29, 0.717) is 16.0 Å². The van der Waals surface area contributed by atoms with Crippen LogP contribution >= 0.6 is 23.2 Å². The van der Waals surface area contributed by atoms with Gasteiger partial charge in [-0.3, -0.25) is 0 Å². The zero-order valence-electron chi connectivity index (χ0n) is 10.4. The Morgan fingerprint density at radius 1 is 1.33 bits per heavy atom. The second-order valence-corrected chi connectivity index (χ2v) is 6.12. The fourth-order valence-electron chi connectivity index (χ4n) is 3.65. The largest absolute Gasteiger partial charge is 0.384 e. The first-order chi connectivity index (χ1) is 8.70. The van der Waals surface area contributed by atoms with Gasteiger partial charge in [0.25, 0.3) is 0 Å². The van der Waals surface area contributed by atoms with E-state index < -0.39 is 0 Å². The maximum atomic E-state index is 6.16. The average molecular weight is 286 g/mol. The molecule has 0 aromatic heterocycles. The van der Waals surface area contributed by atoms with E-state index in [-0.39, 0.29) is 5.41 Å². The lowest BCUT2D eigenvalue weighted by Gasteiger charge is -2.18. The molecule has 1 aromatic carbocycles. The normalized spacial score (nSPS) is 34.2. The van der Waals surface area contributed by atoms with Gasteiger partial charge >= 0.3 is 0 Å². The van der Waals surface area contributed by atoms with Crippen molar-refractivity contribution in [1.82, 2.24) is 5.32 Å². The minimum atomic E-state index is 0.145. The summed E-state index contributed by atoms with van der Waals surface area (Å²) in [7, 11) is 1.77. The van der Waals surface area contributed by atoms with Gasteiger partial charge in [0.1, 0.15) is 0 Å². The van der Waals surface area contributed by atoms with Gasteiger partial charge in [0.15, 0.2) is 0 Å². The smallest absolute Gasteiger partial charge is 0.0595 e. The third-order valence-corrected chi connectivity index (χ3v) is 5.28. The van der Waals surface area contributed by atoms with Crippen molar-refractivity contribution in [2.24, 2.45) is 11.8 Å². The first-order valence-electron chi connectivity index (χ1n) is 6.35. The van der Waals surface area contributed by atoms with Crippen LogP contribution in [0.1, 0.15) is 12.0 Å². The molecule has 4 heteroatoms. The average Bonchev–Trinajstić information content (AvgIpc) is 3.03. The highest BCUT2D eigenvalue weighted by molar-refractivity contribution is 6.42. The predicted octanol–water partition coefficient (Wildman–Crippen LogP) is 3.12. The number of halogens is 2. The summed E-state index contributed by atoms with van der Waals surface area (Å²) >= 11 is 12.2. The molecular weight excluding hydrogens is 269 g/mol. The Bertz CT molecular complexity index is 451. The van der Waals surface area contributed by atoms with Crippen molar-refractivity contribution < 1.29 is 4.74 Å². The van der Waals surface area contributed by atoms with Gasteiger partial charge in [0, 0.05) is 12.5 Å². The minimum Gasteiger partial charge on any atom is -0.384 e. The van der Waals surface area contributed by atoms with Crippen molar-refractivity contribution >= 4 is 23.2 Å². The molecule has 0 amide bonds. The van der Waals surface area contributed by atoms with Crippen molar-refractivity contribution in [3.63, 3.8) is 0 Å². The molecule has 1 N–H and O–H groups in total. The van der Waals surface area contributed by atoms with Crippen LogP contribution in [0.2, 0.25) is 10.0 Å². The quantitative estimate of drug-likeness (QED) is 0.921. The molecule has 1 saturated heterocycles. The Labute approximate surface area is 118 Å². The van der Waals surface area contributed by atoms with Crippen LogP contribution in [0.4, 0.5) is 0 Å². The molecule has 0 unspecified atom stereocenters. The van der Waals surface area contributed by atoms with E-state index >= 15 is 0 Å². The van der Waals surface area contributed by atoms with E-state index in [9.17, 15) is 0 Å². The molecule has 2 fully saturated rings. The zero-order chi connectivity index (χ0) is 12.8. The molecule has 1 heterocycles. The fourth-order valence-corrected chi connectivity index (χ4v) is 3.95. The van der Waals surface area contributed by atoms with Gasteiger partial charge in [-0.05, 0) is 49.0 Å². The van der Waals surface area contributed by atoms with Crippen LogP contribution in [-0.4, -0.2) is 26.8 Å². The maximum Gasteiger partial charge on any atom is 0.0595 e. The van der Waals surface area contributed by atoms with Crippen molar-refractivity contribution in [3.05, 3.63) is 33.8 Å². The Morgan fingerprint density at radius 3 is 2.78 bits per heavy atom. The molecule has 2 nitrogen and oxygen atoms in total. The Kier molecular flexibility index (Phi) is 3.31. The predicted molar refractivity (Wildman–Crippen MR) is 74.5 cm³/mol. The highest BCUT2D eigenvalue weighted by Crippen LogP contribution is 2.62. The number of fused-ring (bicyclic) bond motifs is 1. The second-order valence-electron chi connectivity index (χ2n) is 5.31. The molecule has 1 saturated carbocycles. The van der Waals surface area contributed by atoms with E-state index in [0.717, 1.165) is 25.6 Å². The summed E-state index contributed by atoms with van der Waals surface area (Å²) in [4.78, 5) is 0. The monoisotopic (exact) mass is 285 g/mol. The van der Waals surface area contributed by atoms with Gasteiger partial charge in [-0.1, -0.05) is 29.3 Å². The Balaban J connectivity index is 1.97. The number of hydrogen-bond acceptors (Lipinski definition) is 2. The molecule has 98 valence electrons. The number of ether oxygens (including phenoxy) is 1. The molecule has 1 aliphatic carbocycles. The topological polar surface area (TPSA) is 21.3 Å². The molecular formula is C14H17Cl2NO. The van der Waals surface area contributed by atoms with Crippen LogP contribution < -0.4 is 5.32 Å². The third kappa shape index (κ3) is 1.78. The van der Waals surface area contributed by atoms with Crippen molar-refractivity contribution in [2.45, 2.75) is 11.8 Å². The van der Waals surface area contributed by atoms with Gasteiger partial charge in [0.2, 0.25) is 0 Å². The van der Waals surface area contributed by atoms with Crippen molar-refractivity contribution in [2.75, 3.05) is 26.8 Å². The van der Waals surface area contributed by atoms with Gasteiger partial charge in [-0.2, -0.15) is 0 Å². The third-order valence-electron chi connectivity index (χ3n) is 4.54. The van der Waals surface area contributed by atoms with E-state index in [1.165, 1.54) is 12.0 Å². The van der Waals surface area contributed by atoms with Crippen LogP contribution in [-0.2, 0) is 10.2 Å². The number of benzene rings is 1. The lowest BCUT2D eigenvalue weighted by atomic mass is 9.92. The van der Waals surface area contributed by atoms with Crippen LogP contribution in [0.15, 0.2) is 18.2 Å². The summed E-state index contributed by atoms with van der Waals surface area (Å²) in [5.41, 5.74) is 1.42. The van der Waals surface area contributed by atoms with Crippen molar-refractivity contribution in [1.29, 1.82) is 0 Å². The molecule has 0 spiro atoms. The first kappa shape index (κ1) is 12.7. The summed E-state index contributed by atoms with van der Waals surface area (Å²) in [5.74, 6) is 1.39. The van der Waals surface area contributed by atoms with E-state index in [4.69, 9.17) is 27.9 Å². The van der Waals surface area contributed by atoms with Gasteiger partial charge in [-0.25, -0.2) is 0 Å². The van der Waals surface area contributed by atoms with Crippen LogP contribution in [0, 0.1) is 11.8 Å². The summed E-state index contributed by atoms with van der Waals surface area (Å²) in [6, 6.07) is 6.02. The molecule has 3 rings (SSSR count). The molecule has 1 aliphatic heterocycles. The second kappa shape index (κ2) is 4.68. The molecule has 3 atom stereocenters. The molecule has 2 aliphatic rings. The fraction of sp³-hybridized carbons (Fsp3) is 0.571. The van der Waals surface area contributed by atoms with E-state index in [1.807, 2.05) is 12.1 Å². The highest BCUT2D eigenvalue weighted by Gasteiger charge is 2.65. The summed E-state index contributed by atoms with van der Waals surface area (Å²) < 4.78 is 5.48. The maximum absolute atomic E-state index is 6.16. The van der Waals surface area contributed by atoms with Crippen LogP contribution in [0.5, 0.6) is 0 Å². The number of rotatable bonds is 3. The summed E-state index contributed by atoms with van der Waals surface area (Å²) in [6.07, 6.45) is 1.22. The molecule has 0 radical (unpaired) electrons. The Morgan fingerprint density at radius 2 is 2.17 bits per heavy atom. The lowest BCUT2D eigenvalue weighted by molar-refractivity contribution is 0.161. The molecule has 18 heavy (non-hydrogen) atoms. The number of hydrogen-bond donors (Lipinski definition) is 1. The zero-order valence-corrected chi connectivity index (χ0v) is 11.9. The number of nitrogens with one attached hydrogen (secondary N) is 1. The number of piperidine rings is 1. The minimum absolute atomic E-state index is 0.145. The molecule has 0 bridgehead atoms. The highest BCUT2D eigenvalue weighted by atomic mass is 35.5. The molecule has 1 aromatic rings. The van der Waals surface area contributed by atoms with Crippen LogP contribution in [0.25, 0.3) is 0 Å². The van der Waals surface area contributed by atoms with Gasteiger partial charge < -0.3 is 10.1 Å². The SMILES string of the molecule is COC[C@]1(c2ccc(Cl)c(Cl)c2)[C@@H]2CCNC[C@@H]21. The van der Waals surface area contributed by atoms with E-state index in [1.54, 1.807) is 7.11 Å². The first-order valence-corrected chi connectivity index (χ1v) is 7.11. The standard InChI is InChI=1S/C14H17Cl2NO/c1-18-8-14(10-4-5-17-7-11(10)14)9-2-3-12(15)13(16)6-9/h2-3,6,10-11,17H,4-5,7-8H2,1H3/t10-,11+,14+/m1/s1. The van der Waals surface area contributed by atoms with Gasteiger partial charge in [0.05, 0.1) is 16.7 Å².